The van der Waals surface area contributed by atoms with E-state index in [0.29, 0.717) is 6.20 Å². The molecule has 0 saturated carbocycles. The summed E-state index contributed by atoms with van der Waals surface area (Å²) in [5, 5.41) is 8.73. The molecule has 0 radical (unpaired) electrons. The summed E-state index contributed by atoms with van der Waals surface area (Å²) in [6.07, 6.45) is -7.82. The maximum Gasteiger partial charge on any atom is 0.418 e. The van der Waals surface area contributed by atoms with Gasteiger partial charge < -0.3 is 5.11 Å². The van der Waals surface area contributed by atoms with Gasteiger partial charge in [-0.3, -0.25) is 4.98 Å². The molecule has 0 aromatic carbocycles. The third-order valence-corrected chi connectivity index (χ3v) is 2.15. The second-order valence-electron chi connectivity index (χ2n) is 3.11. The van der Waals surface area contributed by atoms with Crippen LogP contribution in [0.3, 0.4) is 0 Å². The van der Waals surface area contributed by atoms with Gasteiger partial charge in [-0.05, 0) is 12.5 Å². The first-order chi connectivity index (χ1) is 7.29. The van der Waals surface area contributed by atoms with E-state index in [1.807, 2.05) is 0 Å². The molecule has 0 aliphatic heterocycles. The number of alkyl halides is 5. The minimum absolute atomic E-state index is 0.178. The topological polar surface area (TPSA) is 33.1 Å². The van der Waals surface area contributed by atoms with Crippen molar-refractivity contribution in [2.45, 2.75) is 26.1 Å². The molecule has 0 aliphatic carbocycles. The van der Waals surface area contributed by atoms with E-state index in [1.54, 1.807) is 0 Å². The first-order valence-electron chi connectivity index (χ1n) is 4.23. The molecule has 1 heterocycles. The van der Waals surface area contributed by atoms with Gasteiger partial charge in [-0.1, -0.05) is 0 Å². The van der Waals surface area contributed by atoms with E-state index in [0.717, 1.165) is 6.92 Å². The molecule has 0 atom stereocenters. The van der Waals surface area contributed by atoms with Gasteiger partial charge in [0.15, 0.2) is 0 Å². The van der Waals surface area contributed by atoms with Gasteiger partial charge in [0.25, 0.3) is 6.43 Å². The lowest BCUT2D eigenvalue weighted by Gasteiger charge is -2.15. The van der Waals surface area contributed by atoms with E-state index in [4.69, 9.17) is 5.11 Å². The highest BCUT2D eigenvalue weighted by molar-refractivity contribution is 5.38. The quantitative estimate of drug-likeness (QED) is 0.807. The summed E-state index contributed by atoms with van der Waals surface area (Å²) in [4.78, 5) is 3.30. The lowest BCUT2D eigenvalue weighted by atomic mass is 10.0. The molecule has 90 valence electrons. The van der Waals surface area contributed by atoms with E-state index in [9.17, 15) is 22.0 Å². The number of aromatic nitrogens is 1. The number of nitrogens with zero attached hydrogens (tertiary/aromatic N) is 1. The van der Waals surface area contributed by atoms with Crippen molar-refractivity contribution in [3.8, 4) is 0 Å². The lowest BCUT2D eigenvalue weighted by molar-refractivity contribution is -0.139. The van der Waals surface area contributed by atoms with E-state index in [1.165, 1.54) is 0 Å². The van der Waals surface area contributed by atoms with E-state index in [-0.39, 0.29) is 11.3 Å². The van der Waals surface area contributed by atoms with Crippen LogP contribution in [0.1, 0.15) is 28.8 Å². The molecule has 0 aliphatic rings. The average molecular weight is 241 g/mol. The van der Waals surface area contributed by atoms with Crippen LogP contribution in [0.2, 0.25) is 0 Å². The molecular weight excluding hydrogens is 233 g/mol. The standard InChI is InChI=1S/C9H8F5NO/c1-4-6(3-16)15-2-5(9(12,13)14)7(4)8(10)11/h2,8,16H,3H2,1H3. The van der Waals surface area contributed by atoms with Gasteiger partial charge in [0.1, 0.15) is 0 Å². The molecule has 0 fully saturated rings. The third-order valence-electron chi connectivity index (χ3n) is 2.15. The van der Waals surface area contributed by atoms with Crippen LogP contribution < -0.4 is 0 Å². The largest absolute Gasteiger partial charge is 0.418 e. The van der Waals surface area contributed by atoms with Gasteiger partial charge >= 0.3 is 6.18 Å². The zero-order valence-corrected chi connectivity index (χ0v) is 8.15. The molecule has 0 saturated heterocycles. The summed E-state index contributed by atoms with van der Waals surface area (Å²) in [5.41, 5.74) is -3.08. The Balaban J connectivity index is 3.47. The molecule has 1 aromatic heterocycles. The first-order valence-corrected chi connectivity index (χ1v) is 4.23. The Hall–Kier alpha value is -1.24. The fourth-order valence-electron chi connectivity index (χ4n) is 1.33. The molecule has 0 spiro atoms. The summed E-state index contributed by atoms with van der Waals surface area (Å²) in [7, 11) is 0. The van der Waals surface area contributed by atoms with Crippen LogP contribution in [0.25, 0.3) is 0 Å². The van der Waals surface area contributed by atoms with Crippen LogP contribution in [0.5, 0.6) is 0 Å². The maximum atomic E-state index is 12.5. The van der Waals surface area contributed by atoms with Crippen molar-refractivity contribution in [3.05, 3.63) is 28.6 Å². The summed E-state index contributed by atoms with van der Waals surface area (Å²) >= 11 is 0. The third kappa shape index (κ3) is 2.29. The smallest absolute Gasteiger partial charge is 0.390 e. The van der Waals surface area contributed by atoms with Crippen LogP contribution in [0.4, 0.5) is 22.0 Å². The summed E-state index contributed by atoms with van der Waals surface area (Å²) in [6.45, 7) is 0.402. The van der Waals surface area contributed by atoms with Gasteiger partial charge in [-0.25, -0.2) is 8.78 Å². The Labute approximate surface area is 87.7 Å². The van der Waals surface area contributed by atoms with Crippen molar-refractivity contribution in [3.63, 3.8) is 0 Å². The lowest BCUT2D eigenvalue weighted by Crippen LogP contribution is -2.13. The number of rotatable bonds is 2. The number of hydrogen-bond donors (Lipinski definition) is 1. The highest BCUT2D eigenvalue weighted by Crippen LogP contribution is 2.38. The highest BCUT2D eigenvalue weighted by atomic mass is 19.4. The van der Waals surface area contributed by atoms with E-state index >= 15 is 0 Å². The van der Waals surface area contributed by atoms with Crippen LogP contribution >= 0.6 is 0 Å². The van der Waals surface area contributed by atoms with Gasteiger partial charge in [-0.2, -0.15) is 13.2 Å². The molecular formula is C9H8F5NO. The van der Waals surface area contributed by atoms with Crippen LogP contribution in [0, 0.1) is 6.92 Å². The van der Waals surface area contributed by atoms with Gasteiger partial charge in [-0.15, -0.1) is 0 Å². The predicted octanol–water partition coefficient (Wildman–Crippen LogP) is 2.84. The van der Waals surface area contributed by atoms with Crippen molar-refractivity contribution < 1.29 is 27.1 Å². The zero-order chi connectivity index (χ0) is 12.5. The molecule has 2 nitrogen and oxygen atoms in total. The average Bonchev–Trinajstić information content (AvgIpc) is 2.15. The zero-order valence-electron chi connectivity index (χ0n) is 8.15. The fraction of sp³-hybridized carbons (Fsp3) is 0.444. The Morgan fingerprint density at radius 3 is 2.31 bits per heavy atom. The van der Waals surface area contributed by atoms with Gasteiger partial charge in [0, 0.05) is 11.8 Å². The second-order valence-corrected chi connectivity index (χ2v) is 3.11. The Morgan fingerprint density at radius 2 is 1.94 bits per heavy atom. The maximum absolute atomic E-state index is 12.5. The Morgan fingerprint density at radius 1 is 1.38 bits per heavy atom. The van der Waals surface area contributed by atoms with Crippen molar-refractivity contribution in [1.82, 2.24) is 4.98 Å². The molecule has 16 heavy (non-hydrogen) atoms. The van der Waals surface area contributed by atoms with Gasteiger partial charge in [0.2, 0.25) is 0 Å². The summed E-state index contributed by atoms with van der Waals surface area (Å²) in [5.74, 6) is 0. The predicted molar refractivity (Wildman–Crippen MR) is 44.9 cm³/mol. The van der Waals surface area contributed by atoms with Crippen LogP contribution in [-0.4, -0.2) is 10.1 Å². The Kier molecular flexibility index (Phi) is 3.47. The van der Waals surface area contributed by atoms with Crippen molar-refractivity contribution >= 4 is 0 Å². The molecule has 1 rings (SSSR count). The second kappa shape index (κ2) is 4.32. The van der Waals surface area contributed by atoms with Gasteiger partial charge in [0.05, 0.1) is 17.9 Å². The Bertz CT molecular complexity index is 388. The number of pyridine rings is 1. The van der Waals surface area contributed by atoms with Crippen molar-refractivity contribution in [1.29, 1.82) is 0 Å². The number of halogens is 5. The molecule has 0 bridgehead atoms. The van der Waals surface area contributed by atoms with E-state index in [2.05, 4.69) is 4.98 Å². The minimum atomic E-state index is -4.88. The number of aliphatic hydroxyl groups excluding tert-OH is 1. The van der Waals surface area contributed by atoms with E-state index < -0.39 is 30.3 Å². The molecule has 0 amide bonds. The van der Waals surface area contributed by atoms with Crippen LogP contribution in [-0.2, 0) is 12.8 Å². The molecule has 1 N–H and O–H groups in total. The minimum Gasteiger partial charge on any atom is -0.390 e. The fourth-order valence-corrected chi connectivity index (χ4v) is 1.33. The molecule has 1 aromatic rings. The highest BCUT2D eigenvalue weighted by Gasteiger charge is 2.37. The monoisotopic (exact) mass is 241 g/mol. The SMILES string of the molecule is Cc1c(CO)ncc(C(F)(F)F)c1C(F)F. The normalized spacial score (nSPS) is 12.2. The van der Waals surface area contributed by atoms with Crippen LogP contribution in [0.15, 0.2) is 6.20 Å². The van der Waals surface area contributed by atoms with Crippen molar-refractivity contribution in [2.75, 3.05) is 0 Å². The number of aliphatic hydroxyl groups is 1. The molecule has 7 heteroatoms. The summed E-state index contributed by atoms with van der Waals surface area (Å²) in [6, 6.07) is 0. The molecule has 0 unspecified atom stereocenters. The van der Waals surface area contributed by atoms with Crippen molar-refractivity contribution in [2.24, 2.45) is 0 Å². The first kappa shape index (κ1) is 12.8. The summed E-state index contributed by atoms with van der Waals surface area (Å²) < 4.78 is 62.2. The number of hydrogen-bond acceptors (Lipinski definition) is 2.